The number of aromatic nitrogens is 4. The SMILES string of the molecule is COc1cc(CN[C@@H](C)c2ccc(F)cc2)ccc1-c1cc(Nc2cnc(C#N)cn2)n[nH]1. The molecule has 0 aliphatic carbocycles. The molecule has 0 aliphatic rings. The van der Waals surface area contributed by atoms with Gasteiger partial charge in [-0.05, 0) is 42.3 Å². The highest BCUT2D eigenvalue weighted by Crippen LogP contribution is 2.31. The van der Waals surface area contributed by atoms with Gasteiger partial charge >= 0.3 is 0 Å². The fourth-order valence-corrected chi connectivity index (χ4v) is 3.31. The zero-order valence-corrected chi connectivity index (χ0v) is 18.1. The molecule has 8 nitrogen and oxygen atoms in total. The van der Waals surface area contributed by atoms with Crippen molar-refractivity contribution >= 4 is 11.6 Å². The van der Waals surface area contributed by atoms with Crippen LogP contribution in [0.2, 0.25) is 0 Å². The first-order chi connectivity index (χ1) is 16.1. The van der Waals surface area contributed by atoms with Gasteiger partial charge in [-0.25, -0.2) is 14.4 Å². The van der Waals surface area contributed by atoms with Crippen LogP contribution >= 0.6 is 0 Å². The third-order valence-corrected chi connectivity index (χ3v) is 5.14. The number of hydrogen-bond acceptors (Lipinski definition) is 7. The molecule has 0 saturated heterocycles. The van der Waals surface area contributed by atoms with Crippen LogP contribution in [-0.2, 0) is 6.54 Å². The average Bonchev–Trinajstić information content (AvgIpc) is 3.31. The summed E-state index contributed by atoms with van der Waals surface area (Å²) in [5.41, 5.74) is 3.95. The zero-order chi connectivity index (χ0) is 23.2. The number of ether oxygens (including phenoxy) is 1. The van der Waals surface area contributed by atoms with Gasteiger partial charge in [0.05, 0.1) is 25.2 Å². The van der Waals surface area contributed by atoms with Gasteiger partial charge in [0, 0.05) is 24.2 Å². The predicted octanol–water partition coefficient (Wildman–Crippen LogP) is 4.48. The van der Waals surface area contributed by atoms with Crippen molar-refractivity contribution in [3.8, 4) is 23.1 Å². The van der Waals surface area contributed by atoms with Gasteiger partial charge in [-0.2, -0.15) is 10.4 Å². The van der Waals surface area contributed by atoms with Crippen molar-refractivity contribution in [1.29, 1.82) is 5.26 Å². The van der Waals surface area contributed by atoms with Crippen LogP contribution in [0, 0.1) is 17.1 Å². The summed E-state index contributed by atoms with van der Waals surface area (Å²) in [5, 5.41) is 22.6. The second kappa shape index (κ2) is 9.89. The third kappa shape index (κ3) is 5.31. The number of methoxy groups -OCH3 is 1. The first-order valence-corrected chi connectivity index (χ1v) is 10.3. The van der Waals surface area contributed by atoms with Crippen LogP contribution in [0.5, 0.6) is 5.75 Å². The van der Waals surface area contributed by atoms with Gasteiger partial charge in [-0.1, -0.05) is 18.2 Å². The summed E-state index contributed by atoms with van der Waals surface area (Å²) in [6, 6.07) is 16.3. The van der Waals surface area contributed by atoms with E-state index < -0.39 is 0 Å². The lowest BCUT2D eigenvalue weighted by Gasteiger charge is -2.15. The Kier molecular flexibility index (Phi) is 6.57. The summed E-state index contributed by atoms with van der Waals surface area (Å²) in [4.78, 5) is 8.11. The first-order valence-electron chi connectivity index (χ1n) is 10.3. The Morgan fingerprint density at radius 3 is 2.61 bits per heavy atom. The maximum absolute atomic E-state index is 13.1. The Bertz CT molecular complexity index is 1260. The molecule has 9 heteroatoms. The summed E-state index contributed by atoms with van der Waals surface area (Å²) < 4.78 is 18.7. The quantitative estimate of drug-likeness (QED) is 0.368. The third-order valence-electron chi connectivity index (χ3n) is 5.14. The van der Waals surface area contributed by atoms with Crippen molar-refractivity contribution in [2.75, 3.05) is 12.4 Å². The highest BCUT2D eigenvalue weighted by atomic mass is 19.1. The maximum atomic E-state index is 13.1. The first kappa shape index (κ1) is 21.9. The second-order valence-corrected chi connectivity index (χ2v) is 7.38. The van der Waals surface area contributed by atoms with Crippen molar-refractivity contribution < 1.29 is 9.13 Å². The number of H-pyrrole nitrogens is 1. The number of aromatic amines is 1. The van der Waals surface area contributed by atoms with Crippen LogP contribution in [0.25, 0.3) is 11.3 Å². The lowest BCUT2D eigenvalue weighted by Crippen LogP contribution is -2.18. The van der Waals surface area contributed by atoms with Crippen molar-refractivity contribution in [3.63, 3.8) is 0 Å². The fourth-order valence-electron chi connectivity index (χ4n) is 3.31. The fraction of sp³-hybridized carbons (Fsp3) is 0.167. The van der Waals surface area contributed by atoms with Crippen LogP contribution in [0.4, 0.5) is 16.0 Å². The Morgan fingerprint density at radius 1 is 1.09 bits per heavy atom. The molecule has 2 aromatic heterocycles. The minimum Gasteiger partial charge on any atom is -0.496 e. The Balaban J connectivity index is 1.44. The van der Waals surface area contributed by atoms with E-state index in [0.717, 1.165) is 22.4 Å². The molecule has 166 valence electrons. The minimum absolute atomic E-state index is 0.0721. The van der Waals surface area contributed by atoms with E-state index >= 15 is 0 Å². The minimum atomic E-state index is -0.242. The molecule has 0 saturated carbocycles. The van der Waals surface area contributed by atoms with Crippen LogP contribution in [0.15, 0.2) is 60.9 Å². The van der Waals surface area contributed by atoms with E-state index in [-0.39, 0.29) is 17.6 Å². The van der Waals surface area contributed by atoms with Crippen molar-refractivity contribution in [1.82, 2.24) is 25.5 Å². The zero-order valence-electron chi connectivity index (χ0n) is 18.1. The van der Waals surface area contributed by atoms with E-state index in [9.17, 15) is 4.39 Å². The average molecular weight is 443 g/mol. The number of benzene rings is 2. The molecule has 0 bridgehead atoms. The molecule has 0 fully saturated rings. The molecular weight excluding hydrogens is 421 g/mol. The largest absolute Gasteiger partial charge is 0.496 e. The van der Waals surface area contributed by atoms with Gasteiger partial charge in [0.2, 0.25) is 0 Å². The van der Waals surface area contributed by atoms with Gasteiger partial charge in [0.25, 0.3) is 0 Å². The van der Waals surface area contributed by atoms with Crippen LogP contribution in [0.3, 0.4) is 0 Å². The van der Waals surface area contributed by atoms with Crippen LogP contribution in [0.1, 0.15) is 29.8 Å². The number of anilines is 2. The molecule has 4 aromatic rings. The second-order valence-electron chi connectivity index (χ2n) is 7.38. The lowest BCUT2D eigenvalue weighted by molar-refractivity contribution is 0.415. The van der Waals surface area contributed by atoms with Gasteiger partial charge in [-0.15, -0.1) is 0 Å². The molecule has 4 rings (SSSR count). The van der Waals surface area contributed by atoms with E-state index in [0.29, 0.717) is 23.9 Å². The van der Waals surface area contributed by atoms with E-state index in [1.54, 1.807) is 19.2 Å². The number of nitrogens with zero attached hydrogens (tertiary/aromatic N) is 4. The molecule has 0 unspecified atom stereocenters. The van der Waals surface area contributed by atoms with Crippen LogP contribution in [-0.4, -0.2) is 27.3 Å². The summed E-state index contributed by atoms with van der Waals surface area (Å²) >= 11 is 0. The smallest absolute Gasteiger partial charge is 0.158 e. The topological polar surface area (TPSA) is 112 Å². The van der Waals surface area contributed by atoms with E-state index in [1.165, 1.54) is 24.5 Å². The highest BCUT2D eigenvalue weighted by Gasteiger charge is 2.12. The molecule has 0 radical (unpaired) electrons. The Labute approximate surface area is 190 Å². The van der Waals surface area contributed by atoms with E-state index in [4.69, 9.17) is 10.00 Å². The van der Waals surface area contributed by atoms with Gasteiger partial charge in [0.1, 0.15) is 23.5 Å². The number of halogens is 1. The number of nitrogens with one attached hydrogen (secondary N) is 3. The standard InChI is InChI=1S/C24H22FN7O/c1-15(17-4-6-18(25)7-5-17)27-12-16-3-8-20(22(9-16)33-2)21-10-23(32-31-21)30-24-14-28-19(11-26)13-29-24/h3-10,13-15,27H,12H2,1-2H3,(H2,29,30,31,32)/t15-/m0/s1. The molecule has 33 heavy (non-hydrogen) atoms. The maximum Gasteiger partial charge on any atom is 0.158 e. The Morgan fingerprint density at radius 2 is 1.91 bits per heavy atom. The monoisotopic (exact) mass is 443 g/mol. The summed E-state index contributed by atoms with van der Waals surface area (Å²) in [6.07, 6.45) is 2.87. The number of hydrogen-bond donors (Lipinski definition) is 3. The summed E-state index contributed by atoms with van der Waals surface area (Å²) in [7, 11) is 1.62. The Hall–Kier alpha value is -4.29. The number of nitriles is 1. The molecule has 2 aromatic carbocycles. The van der Waals surface area contributed by atoms with Gasteiger partial charge in [0.15, 0.2) is 11.5 Å². The molecule has 3 N–H and O–H groups in total. The molecule has 0 spiro atoms. The molecule has 2 heterocycles. The highest BCUT2D eigenvalue weighted by molar-refractivity contribution is 5.71. The normalized spacial score (nSPS) is 11.6. The summed E-state index contributed by atoms with van der Waals surface area (Å²) in [6.45, 7) is 2.67. The number of rotatable bonds is 8. The molecular formula is C24H22FN7O. The van der Waals surface area contributed by atoms with Crippen molar-refractivity contribution in [2.24, 2.45) is 0 Å². The predicted molar refractivity (Wildman–Crippen MR) is 122 cm³/mol. The molecule has 0 amide bonds. The lowest BCUT2D eigenvalue weighted by atomic mass is 10.1. The van der Waals surface area contributed by atoms with Crippen molar-refractivity contribution in [3.05, 3.63) is 83.6 Å². The van der Waals surface area contributed by atoms with E-state index in [1.807, 2.05) is 37.3 Å². The van der Waals surface area contributed by atoms with Crippen LogP contribution < -0.4 is 15.4 Å². The molecule has 0 aliphatic heterocycles. The molecule has 1 atom stereocenters. The van der Waals surface area contributed by atoms with Gasteiger partial charge in [-0.3, -0.25) is 5.10 Å². The van der Waals surface area contributed by atoms with Crippen molar-refractivity contribution in [2.45, 2.75) is 19.5 Å². The van der Waals surface area contributed by atoms with Gasteiger partial charge < -0.3 is 15.4 Å². The van der Waals surface area contributed by atoms with E-state index in [2.05, 4.69) is 30.8 Å². The summed E-state index contributed by atoms with van der Waals surface area (Å²) in [5.74, 6) is 1.51.